The van der Waals surface area contributed by atoms with E-state index < -0.39 is 0 Å². The van der Waals surface area contributed by atoms with Crippen molar-refractivity contribution in [1.82, 2.24) is 4.90 Å². The normalized spacial score (nSPS) is 18.0. The Morgan fingerprint density at radius 3 is 2.90 bits per heavy atom. The van der Waals surface area contributed by atoms with E-state index in [2.05, 4.69) is 25.1 Å². The molecule has 3 heterocycles. The van der Waals surface area contributed by atoms with Crippen LogP contribution >= 0.6 is 0 Å². The first-order chi connectivity index (χ1) is 14.2. The highest BCUT2D eigenvalue weighted by molar-refractivity contribution is 6.00. The minimum atomic E-state index is 0.0624. The first-order valence-electron chi connectivity index (χ1n) is 10.3. The standard InChI is InChI=1S/C25H24N2O2/c1-17-7-8-23-20(13-17)15-21(26-23)14-18-9-11-27(16-18)25(28)22-10-12-29-24(22)19-5-3-2-4-6-19/h2-8,10,12-13,18H,9,11,14-16H2,1H3/t18-/m0/s1. The van der Waals surface area contributed by atoms with Crippen molar-refractivity contribution >= 4 is 17.3 Å². The lowest BCUT2D eigenvalue weighted by molar-refractivity contribution is 0.0787. The van der Waals surface area contributed by atoms with E-state index in [1.165, 1.54) is 16.8 Å². The second kappa shape index (κ2) is 7.36. The van der Waals surface area contributed by atoms with Gasteiger partial charge in [-0.25, -0.2) is 0 Å². The van der Waals surface area contributed by atoms with E-state index in [0.29, 0.717) is 17.2 Å². The summed E-state index contributed by atoms with van der Waals surface area (Å²) in [6.07, 6.45) is 4.55. The minimum absolute atomic E-state index is 0.0624. The van der Waals surface area contributed by atoms with Crippen molar-refractivity contribution in [3.05, 3.63) is 77.6 Å². The van der Waals surface area contributed by atoms with E-state index >= 15 is 0 Å². The maximum atomic E-state index is 13.1. The molecule has 0 spiro atoms. The molecule has 4 heteroatoms. The monoisotopic (exact) mass is 384 g/mol. The number of amides is 1. The molecule has 1 fully saturated rings. The fraction of sp³-hybridized carbons (Fsp3) is 0.280. The van der Waals surface area contributed by atoms with Crippen molar-refractivity contribution in [3.8, 4) is 11.3 Å². The van der Waals surface area contributed by atoms with Gasteiger partial charge in [-0.05, 0) is 43.4 Å². The molecule has 1 atom stereocenters. The lowest BCUT2D eigenvalue weighted by Gasteiger charge is -2.16. The molecule has 0 saturated carbocycles. The van der Waals surface area contributed by atoms with Crippen LogP contribution in [0.4, 0.5) is 5.69 Å². The molecule has 29 heavy (non-hydrogen) atoms. The topological polar surface area (TPSA) is 45.8 Å². The van der Waals surface area contributed by atoms with Crippen LogP contribution in [0.3, 0.4) is 0 Å². The summed E-state index contributed by atoms with van der Waals surface area (Å²) in [5.74, 6) is 1.19. The maximum absolute atomic E-state index is 13.1. The number of carbonyl (C=O) groups excluding carboxylic acids is 1. The molecule has 4 nitrogen and oxygen atoms in total. The lowest BCUT2D eigenvalue weighted by atomic mass is 9.98. The fourth-order valence-corrected chi connectivity index (χ4v) is 4.49. The zero-order valence-corrected chi connectivity index (χ0v) is 16.6. The molecule has 2 aliphatic rings. The largest absolute Gasteiger partial charge is 0.464 e. The van der Waals surface area contributed by atoms with Gasteiger partial charge in [0.25, 0.3) is 5.91 Å². The Labute approximate surface area is 170 Å². The van der Waals surface area contributed by atoms with Crippen LogP contribution in [0.25, 0.3) is 11.3 Å². The molecule has 0 unspecified atom stereocenters. The number of hydrogen-bond donors (Lipinski definition) is 0. The van der Waals surface area contributed by atoms with Crippen LogP contribution in [-0.4, -0.2) is 29.6 Å². The van der Waals surface area contributed by atoms with Crippen molar-refractivity contribution in [3.63, 3.8) is 0 Å². The van der Waals surface area contributed by atoms with E-state index in [1.54, 1.807) is 12.3 Å². The van der Waals surface area contributed by atoms with Gasteiger partial charge in [0, 0.05) is 30.8 Å². The number of aliphatic imine (C=N–C) groups is 1. The highest BCUT2D eigenvalue weighted by Crippen LogP contribution is 2.32. The summed E-state index contributed by atoms with van der Waals surface area (Å²) < 4.78 is 5.64. The third-order valence-electron chi connectivity index (χ3n) is 5.94. The number of rotatable bonds is 4. The molecular weight excluding hydrogens is 360 g/mol. The average Bonchev–Trinajstić information content (AvgIpc) is 3.47. The molecule has 0 bridgehead atoms. The minimum Gasteiger partial charge on any atom is -0.464 e. The van der Waals surface area contributed by atoms with Gasteiger partial charge in [-0.3, -0.25) is 9.79 Å². The average molecular weight is 384 g/mol. The molecule has 2 aromatic carbocycles. The predicted molar refractivity (Wildman–Crippen MR) is 115 cm³/mol. The van der Waals surface area contributed by atoms with Gasteiger partial charge < -0.3 is 9.32 Å². The molecule has 5 rings (SSSR count). The van der Waals surface area contributed by atoms with Gasteiger partial charge in [0.1, 0.15) is 5.76 Å². The summed E-state index contributed by atoms with van der Waals surface area (Å²) in [6.45, 7) is 3.70. The van der Waals surface area contributed by atoms with E-state index in [1.807, 2.05) is 35.2 Å². The summed E-state index contributed by atoms with van der Waals surface area (Å²) >= 11 is 0. The van der Waals surface area contributed by atoms with E-state index in [9.17, 15) is 4.79 Å². The molecule has 0 aliphatic carbocycles. The first kappa shape index (κ1) is 17.9. The zero-order valence-electron chi connectivity index (χ0n) is 16.6. The molecule has 3 aromatic rings. The quantitative estimate of drug-likeness (QED) is 0.602. The first-order valence-corrected chi connectivity index (χ1v) is 10.3. The summed E-state index contributed by atoms with van der Waals surface area (Å²) in [6, 6.07) is 18.1. The van der Waals surface area contributed by atoms with Gasteiger partial charge in [0.2, 0.25) is 0 Å². The van der Waals surface area contributed by atoms with Crippen LogP contribution in [0.2, 0.25) is 0 Å². The number of benzene rings is 2. The number of likely N-dealkylation sites (tertiary alicyclic amines) is 1. The summed E-state index contributed by atoms with van der Waals surface area (Å²) in [7, 11) is 0. The number of carbonyl (C=O) groups is 1. The highest BCUT2D eigenvalue weighted by Gasteiger charge is 2.30. The molecule has 146 valence electrons. The van der Waals surface area contributed by atoms with Gasteiger partial charge in [-0.15, -0.1) is 0 Å². The third kappa shape index (κ3) is 3.51. The van der Waals surface area contributed by atoms with Crippen LogP contribution < -0.4 is 0 Å². The van der Waals surface area contributed by atoms with Crippen molar-refractivity contribution in [2.45, 2.75) is 26.2 Å². The number of furan rings is 1. The van der Waals surface area contributed by atoms with Gasteiger partial charge >= 0.3 is 0 Å². The molecule has 0 N–H and O–H groups in total. The van der Waals surface area contributed by atoms with Crippen molar-refractivity contribution in [2.75, 3.05) is 13.1 Å². The van der Waals surface area contributed by atoms with Crippen LogP contribution in [0, 0.1) is 12.8 Å². The highest BCUT2D eigenvalue weighted by atomic mass is 16.3. The molecule has 1 saturated heterocycles. The summed E-state index contributed by atoms with van der Waals surface area (Å²) in [4.78, 5) is 19.9. The molecule has 1 amide bonds. The molecule has 0 radical (unpaired) electrons. The van der Waals surface area contributed by atoms with E-state index in [4.69, 9.17) is 9.41 Å². The number of aryl methyl sites for hydroxylation is 1. The number of fused-ring (bicyclic) bond motifs is 1. The molecule has 2 aliphatic heterocycles. The number of hydrogen-bond acceptors (Lipinski definition) is 3. The second-order valence-corrected chi connectivity index (χ2v) is 8.13. The Hall–Kier alpha value is -3.14. The fourth-order valence-electron chi connectivity index (χ4n) is 4.49. The van der Waals surface area contributed by atoms with Gasteiger partial charge in [-0.1, -0.05) is 48.0 Å². The Balaban J connectivity index is 1.25. The van der Waals surface area contributed by atoms with Gasteiger partial charge in [0.15, 0.2) is 0 Å². The van der Waals surface area contributed by atoms with Crippen molar-refractivity contribution in [1.29, 1.82) is 0 Å². The Morgan fingerprint density at radius 2 is 2.03 bits per heavy atom. The summed E-state index contributed by atoms with van der Waals surface area (Å²) in [5.41, 5.74) is 6.56. The Kier molecular flexibility index (Phi) is 4.55. The summed E-state index contributed by atoms with van der Waals surface area (Å²) in [5, 5.41) is 0. The van der Waals surface area contributed by atoms with Crippen LogP contribution in [0.1, 0.15) is 34.3 Å². The van der Waals surface area contributed by atoms with Crippen LogP contribution in [-0.2, 0) is 6.42 Å². The third-order valence-corrected chi connectivity index (χ3v) is 5.94. The van der Waals surface area contributed by atoms with Crippen molar-refractivity contribution < 1.29 is 9.21 Å². The SMILES string of the molecule is Cc1ccc2c(c1)CC(C[C@@H]1CCN(C(=O)c3ccoc3-c3ccccc3)C1)=N2. The van der Waals surface area contributed by atoms with Gasteiger partial charge in [-0.2, -0.15) is 0 Å². The second-order valence-electron chi connectivity index (χ2n) is 8.13. The van der Waals surface area contributed by atoms with Crippen LogP contribution in [0.5, 0.6) is 0 Å². The Bertz CT molecular complexity index is 1080. The van der Waals surface area contributed by atoms with E-state index in [-0.39, 0.29) is 5.91 Å². The molecule has 1 aromatic heterocycles. The van der Waals surface area contributed by atoms with Crippen molar-refractivity contribution in [2.24, 2.45) is 10.9 Å². The van der Waals surface area contributed by atoms with Crippen LogP contribution in [0.15, 0.2) is 70.3 Å². The number of nitrogens with zero attached hydrogens (tertiary/aromatic N) is 2. The zero-order chi connectivity index (χ0) is 19.8. The maximum Gasteiger partial charge on any atom is 0.257 e. The van der Waals surface area contributed by atoms with E-state index in [0.717, 1.165) is 43.6 Å². The smallest absolute Gasteiger partial charge is 0.257 e. The lowest BCUT2D eigenvalue weighted by Crippen LogP contribution is -2.29. The van der Waals surface area contributed by atoms with Gasteiger partial charge in [0.05, 0.1) is 17.5 Å². The Morgan fingerprint density at radius 1 is 1.17 bits per heavy atom. The molecular formula is C25H24N2O2. The predicted octanol–water partition coefficient (Wildman–Crippen LogP) is 5.44.